The van der Waals surface area contributed by atoms with Gasteiger partial charge in [0.15, 0.2) is 5.60 Å². The fourth-order valence-corrected chi connectivity index (χ4v) is 4.95. The molecule has 0 N–H and O–H groups in total. The number of hydrogen-bond donors (Lipinski definition) is 0. The van der Waals surface area contributed by atoms with E-state index in [1.807, 2.05) is 36.1 Å². The van der Waals surface area contributed by atoms with Crippen molar-refractivity contribution in [2.75, 3.05) is 19.7 Å². The molecule has 2 aliphatic heterocycles. The Kier molecular flexibility index (Phi) is 5.75. The van der Waals surface area contributed by atoms with E-state index in [0.717, 1.165) is 17.0 Å². The molecule has 0 aliphatic carbocycles. The van der Waals surface area contributed by atoms with E-state index >= 15 is 0 Å². The molecule has 164 valence electrons. The fourth-order valence-electron chi connectivity index (χ4n) is 4.95. The topological polar surface area (TPSA) is 62.0 Å². The molecule has 2 aromatic rings. The average molecular weight is 430 g/mol. The van der Waals surface area contributed by atoms with Crippen LogP contribution < -0.4 is 0 Å². The van der Waals surface area contributed by atoms with Crippen LogP contribution in [0.15, 0.2) is 36.4 Å². The third-order valence-electron chi connectivity index (χ3n) is 6.76. The van der Waals surface area contributed by atoms with Gasteiger partial charge in [0.1, 0.15) is 0 Å². The molecule has 0 radical (unpaired) electrons. The molecule has 8 heteroatoms. The van der Waals surface area contributed by atoms with Crippen molar-refractivity contribution in [2.24, 2.45) is 5.41 Å². The van der Waals surface area contributed by atoms with Crippen LogP contribution in [0.4, 0.5) is 13.2 Å². The summed E-state index contributed by atoms with van der Waals surface area (Å²) in [7, 11) is 0. The summed E-state index contributed by atoms with van der Waals surface area (Å²) in [6, 6.07) is 12.9. The van der Waals surface area contributed by atoms with E-state index in [4.69, 9.17) is 10.00 Å². The van der Waals surface area contributed by atoms with Crippen LogP contribution in [-0.4, -0.2) is 46.6 Å². The van der Waals surface area contributed by atoms with Gasteiger partial charge >= 0.3 is 6.18 Å². The van der Waals surface area contributed by atoms with Gasteiger partial charge in [-0.25, -0.2) is 0 Å². The first-order valence-corrected chi connectivity index (χ1v) is 10.5. The summed E-state index contributed by atoms with van der Waals surface area (Å²) in [4.78, 5) is 2.04. The molecule has 2 atom stereocenters. The lowest BCUT2D eigenvalue weighted by Gasteiger charge is -2.54. The fraction of sp³-hybridized carbons (Fsp3) is 0.522. The summed E-state index contributed by atoms with van der Waals surface area (Å²) >= 11 is 0. The van der Waals surface area contributed by atoms with Gasteiger partial charge in [-0.3, -0.25) is 4.90 Å². The minimum Gasteiger partial charge on any atom is -0.365 e. The minimum atomic E-state index is -4.42. The molecule has 1 aromatic heterocycles. The van der Waals surface area contributed by atoms with Crippen molar-refractivity contribution < 1.29 is 17.9 Å². The first-order valence-electron chi connectivity index (χ1n) is 10.5. The van der Waals surface area contributed by atoms with Crippen LogP contribution in [0.1, 0.15) is 41.8 Å². The number of likely N-dealkylation sites (tertiary alicyclic amines) is 1. The molecule has 31 heavy (non-hydrogen) atoms. The van der Waals surface area contributed by atoms with Gasteiger partial charge in [-0.05, 0) is 62.6 Å². The number of alkyl halides is 3. The first-order chi connectivity index (χ1) is 14.8. The molecule has 2 aliphatic rings. The number of aryl methyl sites for hydroxylation is 2. The maximum Gasteiger partial charge on any atom is 0.418 e. The quantitative estimate of drug-likeness (QED) is 0.687. The summed E-state index contributed by atoms with van der Waals surface area (Å²) in [6.07, 6.45) is -3.13. The van der Waals surface area contributed by atoms with Crippen LogP contribution in [0.3, 0.4) is 0 Å². The van der Waals surface area contributed by atoms with E-state index in [-0.39, 0.29) is 13.0 Å². The highest BCUT2D eigenvalue weighted by molar-refractivity contribution is 5.32. The standard InChI is InChI=1S/C23H25F3N4O/c1-17-2-7-20(29-28-17)15-30-12-10-21(16-30,22(11-13-31-22)23(24,25)26)9-8-18-3-5-19(14-27)6-4-18/h2-7H,8-13,15-16H2,1H3/t21-,22-/m1/s1. The van der Waals surface area contributed by atoms with Crippen molar-refractivity contribution in [3.63, 3.8) is 0 Å². The van der Waals surface area contributed by atoms with Crippen molar-refractivity contribution in [3.8, 4) is 6.07 Å². The maximum absolute atomic E-state index is 14.3. The van der Waals surface area contributed by atoms with E-state index in [1.165, 1.54) is 0 Å². The molecule has 0 unspecified atom stereocenters. The summed E-state index contributed by atoms with van der Waals surface area (Å²) in [5.41, 5.74) is -0.0860. The normalized spacial score (nSPS) is 26.4. The first kappa shape index (κ1) is 21.7. The molecule has 5 nitrogen and oxygen atoms in total. The zero-order valence-electron chi connectivity index (χ0n) is 17.5. The van der Waals surface area contributed by atoms with Gasteiger partial charge in [0, 0.05) is 24.9 Å². The van der Waals surface area contributed by atoms with E-state index in [9.17, 15) is 13.2 Å². The number of nitriles is 1. The van der Waals surface area contributed by atoms with Crippen molar-refractivity contribution in [3.05, 3.63) is 58.9 Å². The van der Waals surface area contributed by atoms with Gasteiger partial charge in [-0.1, -0.05) is 12.1 Å². The Morgan fingerprint density at radius 1 is 1.13 bits per heavy atom. The Morgan fingerprint density at radius 3 is 2.42 bits per heavy atom. The molecule has 1 aromatic carbocycles. The smallest absolute Gasteiger partial charge is 0.365 e. The Hall–Kier alpha value is -2.50. The highest BCUT2D eigenvalue weighted by atomic mass is 19.4. The lowest BCUT2D eigenvalue weighted by atomic mass is 9.63. The molecule has 0 saturated carbocycles. The summed E-state index contributed by atoms with van der Waals surface area (Å²) in [5, 5.41) is 17.2. The number of halogens is 3. The van der Waals surface area contributed by atoms with Gasteiger partial charge in [0.2, 0.25) is 0 Å². The molecule has 2 saturated heterocycles. The predicted octanol–water partition coefficient (Wildman–Crippen LogP) is 4.20. The highest BCUT2D eigenvalue weighted by Gasteiger charge is 2.71. The third kappa shape index (κ3) is 4.04. The molecule has 0 amide bonds. The van der Waals surface area contributed by atoms with Crippen molar-refractivity contribution in [1.82, 2.24) is 15.1 Å². The number of aromatic nitrogens is 2. The van der Waals surface area contributed by atoms with Crippen LogP contribution in [0.5, 0.6) is 0 Å². The second-order valence-electron chi connectivity index (χ2n) is 8.64. The Labute approximate surface area is 179 Å². The molecular formula is C23H25F3N4O. The summed E-state index contributed by atoms with van der Waals surface area (Å²) in [5.74, 6) is 0. The van der Waals surface area contributed by atoms with Gasteiger partial charge in [-0.15, -0.1) is 0 Å². The minimum absolute atomic E-state index is 0.00203. The van der Waals surface area contributed by atoms with Gasteiger partial charge in [0.25, 0.3) is 0 Å². The molecule has 0 spiro atoms. The monoisotopic (exact) mass is 430 g/mol. The zero-order valence-corrected chi connectivity index (χ0v) is 17.5. The van der Waals surface area contributed by atoms with E-state index in [0.29, 0.717) is 44.5 Å². The van der Waals surface area contributed by atoms with Crippen LogP contribution in [0, 0.1) is 23.7 Å². The number of ether oxygens (including phenoxy) is 1. The van der Waals surface area contributed by atoms with Crippen LogP contribution >= 0.6 is 0 Å². The maximum atomic E-state index is 14.3. The van der Waals surface area contributed by atoms with Gasteiger partial charge in [-0.2, -0.15) is 28.6 Å². The molecular weight excluding hydrogens is 405 g/mol. The number of hydrogen-bond acceptors (Lipinski definition) is 5. The van der Waals surface area contributed by atoms with Gasteiger partial charge in [0.05, 0.1) is 29.6 Å². The Morgan fingerprint density at radius 2 is 1.87 bits per heavy atom. The number of benzene rings is 1. The zero-order chi connectivity index (χ0) is 22.1. The number of rotatable bonds is 6. The van der Waals surface area contributed by atoms with Crippen LogP contribution in [-0.2, 0) is 17.7 Å². The molecule has 2 fully saturated rings. The predicted molar refractivity (Wildman–Crippen MR) is 108 cm³/mol. The van der Waals surface area contributed by atoms with Crippen molar-refractivity contribution >= 4 is 0 Å². The molecule has 3 heterocycles. The van der Waals surface area contributed by atoms with Crippen molar-refractivity contribution in [2.45, 2.75) is 50.9 Å². The Bertz CT molecular complexity index is 949. The summed E-state index contributed by atoms with van der Waals surface area (Å²) < 4.78 is 48.2. The highest BCUT2D eigenvalue weighted by Crippen LogP contribution is 2.59. The third-order valence-corrected chi connectivity index (χ3v) is 6.76. The van der Waals surface area contributed by atoms with E-state index in [2.05, 4.69) is 16.3 Å². The van der Waals surface area contributed by atoms with Crippen LogP contribution in [0.25, 0.3) is 0 Å². The Balaban J connectivity index is 1.56. The van der Waals surface area contributed by atoms with Gasteiger partial charge < -0.3 is 4.74 Å². The lowest BCUT2D eigenvalue weighted by molar-refractivity contribution is -0.366. The largest absolute Gasteiger partial charge is 0.418 e. The molecule has 4 rings (SSSR count). The second kappa shape index (κ2) is 8.21. The van der Waals surface area contributed by atoms with Crippen LogP contribution in [0.2, 0.25) is 0 Å². The SMILES string of the molecule is Cc1ccc(CN2CC[C@@](CCc3ccc(C#N)cc3)([C@@]3(C(F)(F)F)CCO3)C2)nn1. The average Bonchev–Trinajstić information content (AvgIpc) is 3.10. The molecule has 0 bridgehead atoms. The van der Waals surface area contributed by atoms with E-state index in [1.54, 1.807) is 12.1 Å². The second-order valence-corrected chi connectivity index (χ2v) is 8.64. The van der Waals surface area contributed by atoms with Crippen molar-refractivity contribution in [1.29, 1.82) is 5.26 Å². The van der Waals surface area contributed by atoms with E-state index < -0.39 is 17.2 Å². The number of nitrogens with zero attached hydrogens (tertiary/aromatic N) is 4. The lowest BCUT2D eigenvalue weighted by Crippen LogP contribution is -2.67. The summed E-state index contributed by atoms with van der Waals surface area (Å²) in [6.45, 7) is 3.33.